The molecule has 2 nitrogen and oxygen atoms in total. The van der Waals surface area contributed by atoms with E-state index >= 15 is 0 Å². The Hall–Kier alpha value is -1.33. The third-order valence-electron chi connectivity index (χ3n) is 3.42. The van der Waals surface area contributed by atoms with E-state index in [4.69, 9.17) is 5.26 Å². The molecule has 0 spiro atoms. The number of nitrogens with one attached hydrogen (secondary N) is 1. The van der Waals surface area contributed by atoms with E-state index in [1.165, 1.54) is 42.4 Å². The van der Waals surface area contributed by atoms with Crippen LogP contribution in [-0.2, 0) is 12.8 Å². The summed E-state index contributed by atoms with van der Waals surface area (Å²) in [6.45, 7) is 0. The van der Waals surface area contributed by atoms with Crippen molar-refractivity contribution in [3.63, 3.8) is 0 Å². The Labute approximate surface area is 97.3 Å². The minimum atomic E-state index is 0.178. The zero-order chi connectivity index (χ0) is 11.4. The van der Waals surface area contributed by atoms with Crippen molar-refractivity contribution >= 4 is 0 Å². The number of fused-ring (bicyclic) bond motifs is 1. The van der Waals surface area contributed by atoms with Gasteiger partial charge < -0.3 is 5.32 Å². The Morgan fingerprint density at radius 1 is 1.31 bits per heavy atom. The quantitative estimate of drug-likeness (QED) is 0.839. The molecule has 0 aromatic heterocycles. The van der Waals surface area contributed by atoms with Gasteiger partial charge in [0.15, 0.2) is 0 Å². The molecule has 1 aromatic carbocycles. The Morgan fingerprint density at radius 2 is 2.06 bits per heavy atom. The predicted molar refractivity (Wildman–Crippen MR) is 65.1 cm³/mol. The van der Waals surface area contributed by atoms with Crippen LogP contribution in [0.2, 0.25) is 0 Å². The molecule has 16 heavy (non-hydrogen) atoms. The smallest absolute Gasteiger partial charge is 0.0641 e. The summed E-state index contributed by atoms with van der Waals surface area (Å²) in [6, 6.07) is 9.11. The van der Waals surface area contributed by atoms with E-state index in [9.17, 15) is 0 Å². The maximum absolute atomic E-state index is 8.78. The maximum atomic E-state index is 8.78. The first-order chi connectivity index (χ1) is 7.85. The Bertz CT molecular complexity index is 404. The van der Waals surface area contributed by atoms with Gasteiger partial charge in [0.1, 0.15) is 0 Å². The first kappa shape index (κ1) is 11.2. The van der Waals surface area contributed by atoms with Gasteiger partial charge in [0.05, 0.1) is 12.5 Å². The molecule has 0 bridgehead atoms. The van der Waals surface area contributed by atoms with Crippen molar-refractivity contribution < 1.29 is 0 Å². The van der Waals surface area contributed by atoms with Gasteiger partial charge in [-0.2, -0.15) is 5.26 Å². The van der Waals surface area contributed by atoms with E-state index in [2.05, 4.69) is 29.6 Å². The molecule has 0 saturated carbocycles. The number of benzene rings is 1. The van der Waals surface area contributed by atoms with Crippen LogP contribution in [0.25, 0.3) is 0 Å². The number of rotatable bonds is 3. The Balaban J connectivity index is 2.25. The molecule has 1 unspecified atom stereocenters. The summed E-state index contributed by atoms with van der Waals surface area (Å²) in [5.74, 6) is 0. The summed E-state index contributed by atoms with van der Waals surface area (Å²) in [6.07, 6.45) is 5.58. The van der Waals surface area contributed by atoms with Crippen LogP contribution >= 0.6 is 0 Å². The van der Waals surface area contributed by atoms with Crippen LogP contribution in [0.3, 0.4) is 0 Å². The van der Waals surface area contributed by atoms with Crippen LogP contribution in [0.15, 0.2) is 18.2 Å². The summed E-state index contributed by atoms with van der Waals surface area (Å²) in [5, 5.41) is 12.0. The fraction of sp³-hybridized carbons (Fsp3) is 0.500. The predicted octanol–water partition coefficient (Wildman–Crippen LogP) is 2.74. The highest BCUT2D eigenvalue weighted by molar-refractivity contribution is 5.35. The maximum Gasteiger partial charge on any atom is 0.0641 e. The molecular weight excluding hydrogens is 196 g/mol. The second kappa shape index (κ2) is 5.14. The minimum Gasteiger partial charge on any atom is -0.312 e. The standard InChI is InChI=1S/C14H18N2/c1-16-14(8-9-15)13-7-6-11-4-2-3-5-12(11)10-13/h6-7,10,14,16H,2-5,8H2,1H3. The minimum absolute atomic E-state index is 0.178. The van der Waals surface area contributed by atoms with Crippen molar-refractivity contribution in [3.8, 4) is 6.07 Å². The van der Waals surface area contributed by atoms with Crippen LogP contribution < -0.4 is 5.32 Å². The van der Waals surface area contributed by atoms with E-state index < -0.39 is 0 Å². The molecule has 0 heterocycles. The number of nitrogens with zero attached hydrogens (tertiary/aromatic N) is 1. The highest BCUT2D eigenvalue weighted by Crippen LogP contribution is 2.25. The topological polar surface area (TPSA) is 35.8 Å². The molecule has 0 radical (unpaired) electrons. The molecule has 2 heteroatoms. The first-order valence-electron chi connectivity index (χ1n) is 6.01. The van der Waals surface area contributed by atoms with Gasteiger partial charge in [0, 0.05) is 6.04 Å². The Morgan fingerprint density at radius 3 is 2.75 bits per heavy atom. The lowest BCUT2D eigenvalue weighted by atomic mass is 9.89. The van der Waals surface area contributed by atoms with Crippen LogP contribution in [0.5, 0.6) is 0 Å². The van der Waals surface area contributed by atoms with Crippen LogP contribution in [0, 0.1) is 11.3 Å². The molecule has 1 atom stereocenters. The number of nitriles is 1. The highest BCUT2D eigenvalue weighted by Gasteiger charge is 2.13. The lowest BCUT2D eigenvalue weighted by Gasteiger charge is -2.19. The second-order valence-corrected chi connectivity index (χ2v) is 4.44. The molecule has 0 amide bonds. The van der Waals surface area contributed by atoms with Crippen molar-refractivity contribution in [3.05, 3.63) is 34.9 Å². The van der Waals surface area contributed by atoms with Gasteiger partial charge in [0.25, 0.3) is 0 Å². The summed E-state index contributed by atoms with van der Waals surface area (Å²) in [4.78, 5) is 0. The molecule has 0 aliphatic heterocycles. The van der Waals surface area contributed by atoms with E-state index in [0.717, 1.165) is 0 Å². The van der Waals surface area contributed by atoms with Crippen LogP contribution in [0.4, 0.5) is 0 Å². The van der Waals surface area contributed by atoms with Gasteiger partial charge in [0.2, 0.25) is 0 Å². The molecule has 1 aliphatic carbocycles. The van der Waals surface area contributed by atoms with Crippen LogP contribution in [-0.4, -0.2) is 7.05 Å². The van der Waals surface area contributed by atoms with Gasteiger partial charge >= 0.3 is 0 Å². The van der Waals surface area contributed by atoms with Crippen molar-refractivity contribution in [2.75, 3.05) is 7.05 Å². The average molecular weight is 214 g/mol. The molecule has 1 aromatic rings. The SMILES string of the molecule is CNC(CC#N)c1ccc2c(c1)CCCC2. The lowest BCUT2D eigenvalue weighted by Crippen LogP contribution is -2.16. The largest absolute Gasteiger partial charge is 0.312 e. The van der Waals surface area contributed by atoms with Gasteiger partial charge in [-0.1, -0.05) is 18.2 Å². The third kappa shape index (κ3) is 2.25. The Kier molecular flexibility index (Phi) is 3.58. The molecule has 2 rings (SSSR count). The first-order valence-corrected chi connectivity index (χ1v) is 6.01. The van der Waals surface area contributed by atoms with Gasteiger partial charge in [-0.3, -0.25) is 0 Å². The zero-order valence-corrected chi connectivity index (χ0v) is 9.79. The third-order valence-corrected chi connectivity index (χ3v) is 3.42. The molecule has 0 saturated heterocycles. The summed E-state index contributed by atoms with van der Waals surface area (Å²) in [7, 11) is 1.92. The number of hydrogen-bond donors (Lipinski definition) is 1. The van der Waals surface area contributed by atoms with E-state index in [0.29, 0.717) is 6.42 Å². The summed E-state index contributed by atoms with van der Waals surface area (Å²) in [5.41, 5.74) is 4.24. The average Bonchev–Trinajstić information content (AvgIpc) is 2.35. The van der Waals surface area contributed by atoms with Crippen molar-refractivity contribution in [1.29, 1.82) is 5.26 Å². The highest BCUT2D eigenvalue weighted by atomic mass is 14.9. The van der Waals surface area contributed by atoms with Crippen molar-refractivity contribution in [2.45, 2.75) is 38.1 Å². The zero-order valence-electron chi connectivity index (χ0n) is 9.79. The molecule has 1 aliphatic rings. The van der Waals surface area contributed by atoms with E-state index in [1.54, 1.807) is 0 Å². The van der Waals surface area contributed by atoms with Crippen molar-refractivity contribution in [1.82, 2.24) is 5.32 Å². The number of aryl methyl sites for hydroxylation is 2. The van der Waals surface area contributed by atoms with E-state index in [-0.39, 0.29) is 6.04 Å². The van der Waals surface area contributed by atoms with Crippen molar-refractivity contribution in [2.24, 2.45) is 0 Å². The summed E-state index contributed by atoms with van der Waals surface area (Å²) < 4.78 is 0. The normalized spacial score (nSPS) is 16.2. The number of hydrogen-bond acceptors (Lipinski definition) is 2. The van der Waals surface area contributed by atoms with Gasteiger partial charge in [-0.05, 0) is 49.4 Å². The van der Waals surface area contributed by atoms with E-state index in [1.807, 2.05) is 7.05 Å². The molecule has 84 valence electrons. The monoisotopic (exact) mass is 214 g/mol. The molecular formula is C14H18N2. The lowest BCUT2D eigenvalue weighted by molar-refractivity contribution is 0.604. The fourth-order valence-electron chi connectivity index (χ4n) is 2.45. The fourth-order valence-corrected chi connectivity index (χ4v) is 2.45. The van der Waals surface area contributed by atoms with Crippen LogP contribution in [0.1, 0.15) is 42.0 Å². The molecule has 1 N–H and O–H groups in total. The van der Waals surface area contributed by atoms with Gasteiger partial charge in [-0.15, -0.1) is 0 Å². The molecule has 0 fully saturated rings. The second-order valence-electron chi connectivity index (χ2n) is 4.44. The van der Waals surface area contributed by atoms with Gasteiger partial charge in [-0.25, -0.2) is 0 Å². The summed E-state index contributed by atoms with van der Waals surface area (Å²) >= 11 is 0.